The van der Waals surface area contributed by atoms with E-state index in [0.717, 1.165) is 12.2 Å². The van der Waals surface area contributed by atoms with Gasteiger partial charge in [0.1, 0.15) is 29.9 Å². The van der Waals surface area contributed by atoms with Crippen LogP contribution in [0.25, 0.3) is 0 Å². The molecule has 1 saturated heterocycles. The molecule has 2 rings (SSSR count). The molecule has 17 heavy (non-hydrogen) atoms. The van der Waals surface area contributed by atoms with Crippen LogP contribution >= 0.6 is 11.8 Å². The van der Waals surface area contributed by atoms with Crippen LogP contribution in [0.15, 0.2) is 12.2 Å². The molecule has 98 valence electrons. The second-order valence-electron chi connectivity index (χ2n) is 4.47. The molecule has 0 radical (unpaired) electrons. The number of hydrogen-bond donors (Lipinski definition) is 4. The predicted molar refractivity (Wildman–Crippen MR) is 65.5 cm³/mol. The van der Waals surface area contributed by atoms with Gasteiger partial charge in [0.05, 0.1) is 0 Å². The van der Waals surface area contributed by atoms with E-state index in [1.165, 1.54) is 11.8 Å². The highest BCUT2D eigenvalue weighted by Crippen LogP contribution is 2.31. The number of rotatable bonds is 0. The summed E-state index contributed by atoms with van der Waals surface area (Å²) in [4.78, 5) is 0. The second-order valence-corrected chi connectivity index (χ2v) is 5.68. The smallest absolute Gasteiger partial charge is 0.132 e. The maximum atomic E-state index is 9.86. The van der Waals surface area contributed by atoms with Gasteiger partial charge in [-0.05, 0) is 18.6 Å². The molecule has 0 saturated carbocycles. The van der Waals surface area contributed by atoms with E-state index < -0.39 is 29.9 Å². The third-order valence-electron chi connectivity index (χ3n) is 3.17. The third kappa shape index (κ3) is 2.83. The fraction of sp³-hybridized carbons (Fsp3) is 0.818. The maximum Gasteiger partial charge on any atom is 0.132 e. The summed E-state index contributed by atoms with van der Waals surface area (Å²) in [6.45, 7) is 0. The van der Waals surface area contributed by atoms with Gasteiger partial charge in [0.15, 0.2) is 0 Å². The lowest BCUT2D eigenvalue weighted by molar-refractivity contribution is -0.202. The van der Waals surface area contributed by atoms with Gasteiger partial charge in [-0.3, -0.25) is 0 Å². The minimum absolute atomic E-state index is 0.371. The predicted octanol–water partition coefficient (Wildman–Crippen LogP) is -0.796. The van der Waals surface area contributed by atoms with Gasteiger partial charge >= 0.3 is 0 Å². The Morgan fingerprint density at radius 1 is 1.12 bits per heavy atom. The largest absolute Gasteiger partial charge is 0.388 e. The number of ether oxygens (including phenoxy) is 1. The highest BCUT2D eigenvalue weighted by atomic mass is 32.2. The molecule has 0 aliphatic carbocycles. The minimum Gasteiger partial charge on any atom is -0.388 e. The minimum atomic E-state index is -1.19. The van der Waals surface area contributed by atoms with Gasteiger partial charge in [-0.1, -0.05) is 12.2 Å². The Hall–Kier alpha value is -0.110. The van der Waals surface area contributed by atoms with Crippen molar-refractivity contribution in [3.63, 3.8) is 0 Å². The summed E-state index contributed by atoms with van der Waals surface area (Å²) < 4.78 is 5.61. The Morgan fingerprint density at radius 3 is 2.65 bits per heavy atom. The quantitative estimate of drug-likeness (QED) is 0.427. The molecular weight excluding hydrogens is 242 g/mol. The molecule has 0 aromatic carbocycles. The zero-order chi connectivity index (χ0) is 12.4. The first-order chi connectivity index (χ1) is 8.11. The SMILES string of the molecule is N[C@@H]1CC=CCCS[C@H]2O[C@H]1[C@H](O)[C@H](O)[C@H]2O. The van der Waals surface area contributed by atoms with Crippen molar-refractivity contribution in [3.8, 4) is 0 Å². The van der Waals surface area contributed by atoms with Crippen LogP contribution in [0.4, 0.5) is 0 Å². The van der Waals surface area contributed by atoms with Gasteiger partial charge in [0.2, 0.25) is 0 Å². The Bertz CT molecular complexity index is 289. The molecule has 5 nitrogen and oxygen atoms in total. The lowest BCUT2D eigenvalue weighted by Crippen LogP contribution is -2.61. The van der Waals surface area contributed by atoms with Gasteiger partial charge in [-0.25, -0.2) is 0 Å². The molecular formula is C11H19NO4S. The third-order valence-corrected chi connectivity index (χ3v) is 4.36. The van der Waals surface area contributed by atoms with Crippen LogP contribution in [-0.2, 0) is 4.74 Å². The van der Waals surface area contributed by atoms with Crippen LogP contribution < -0.4 is 5.73 Å². The van der Waals surface area contributed by atoms with Crippen molar-refractivity contribution in [2.45, 2.75) is 48.7 Å². The molecule has 0 aromatic heterocycles. The van der Waals surface area contributed by atoms with Crippen LogP contribution in [-0.4, -0.2) is 57.0 Å². The molecule has 1 fully saturated rings. The monoisotopic (exact) mass is 261 g/mol. The van der Waals surface area contributed by atoms with Crippen molar-refractivity contribution < 1.29 is 20.1 Å². The van der Waals surface area contributed by atoms with E-state index in [0.29, 0.717) is 6.42 Å². The second kappa shape index (κ2) is 5.69. The maximum absolute atomic E-state index is 9.86. The zero-order valence-corrected chi connectivity index (χ0v) is 10.3. The van der Waals surface area contributed by atoms with Gasteiger partial charge in [-0.15, -0.1) is 11.8 Å². The Kier molecular flexibility index (Phi) is 4.46. The number of fused-ring (bicyclic) bond motifs is 2. The fourth-order valence-electron chi connectivity index (χ4n) is 2.12. The summed E-state index contributed by atoms with van der Waals surface area (Å²) in [7, 11) is 0. The summed E-state index contributed by atoms with van der Waals surface area (Å²) >= 11 is 1.44. The summed E-state index contributed by atoms with van der Waals surface area (Å²) in [5.74, 6) is 0.809. The first-order valence-corrected chi connectivity index (χ1v) is 6.88. The standard InChI is InChI=1S/C11H19NO4S/c12-6-4-2-1-3-5-17-11-9(15)7(13)8(14)10(6)16-11/h1-2,6-11,13-15H,3-5,12H2/t6-,7+,8-,9-,10-,11-/m1/s1. The lowest BCUT2D eigenvalue weighted by atomic mass is 9.93. The molecule has 5 N–H and O–H groups in total. The van der Waals surface area contributed by atoms with Crippen LogP contribution in [0.1, 0.15) is 12.8 Å². The van der Waals surface area contributed by atoms with Crippen molar-refractivity contribution in [2.75, 3.05) is 5.75 Å². The van der Waals surface area contributed by atoms with Crippen molar-refractivity contribution in [1.29, 1.82) is 0 Å². The molecule has 6 heteroatoms. The number of allylic oxidation sites excluding steroid dienone is 1. The highest BCUT2D eigenvalue weighted by molar-refractivity contribution is 7.99. The summed E-state index contributed by atoms with van der Waals surface area (Å²) in [6.07, 6.45) is 1.47. The van der Waals surface area contributed by atoms with E-state index in [-0.39, 0.29) is 6.04 Å². The van der Waals surface area contributed by atoms with Gasteiger partial charge in [-0.2, -0.15) is 0 Å². The molecule has 2 bridgehead atoms. The van der Waals surface area contributed by atoms with Crippen molar-refractivity contribution in [1.82, 2.24) is 0 Å². The van der Waals surface area contributed by atoms with Crippen molar-refractivity contribution in [3.05, 3.63) is 12.2 Å². The Labute approximate surface area is 105 Å². The van der Waals surface area contributed by atoms with Crippen LogP contribution in [0.5, 0.6) is 0 Å². The van der Waals surface area contributed by atoms with E-state index in [9.17, 15) is 15.3 Å². The van der Waals surface area contributed by atoms with E-state index in [2.05, 4.69) is 0 Å². The molecule has 0 aromatic rings. The van der Waals surface area contributed by atoms with Crippen LogP contribution in [0.2, 0.25) is 0 Å². The lowest BCUT2D eigenvalue weighted by Gasteiger charge is -2.42. The summed E-state index contributed by atoms with van der Waals surface area (Å²) in [5, 5.41) is 29.5. The highest BCUT2D eigenvalue weighted by Gasteiger charge is 2.45. The van der Waals surface area contributed by atoms with Crippen molar-refractivity contribution in [2.24, 2.45) is 5.73 Å². The van der Waals surface area contributed by atoms with E-state index in [1.54, 1.807) is 0 Å². The van der Waals surface area contributed by atoms with E-state index >= 15 is 0 Å². The summed E-state index contributed by atoms with van der Waals surface area (Å²) in [5.41, 5.74) is 5.42. The van der Waals surface area contributed by atoms with Crippen LogP contribution in [0.3, 0.4) is 0 Å². The Morgan fingerprint density at radius 2 is 1.88 bits per heavy atom. The summed E-state index contributed by atoms with van der Waals surface area (Å²) in [6, 6.07) is -0.371. The average molecular weight is 261 g/mol. The number of thioether (sulfide) groups is 1. The molecule has 2 heterocycles. The first kappa shape index (κ1) is 13.3. The molecule has 2 aliphatic heterocycles. The fourth-order valence-corrected chi connectivity index (χ4v) is 3.19. The van der Waals surface area contributed by atoms with Gasteiger partial charge < -0.3 is 25.8 Å². The number of hydrogen-bond acceptors (Lipinski definition) is 6. The first-order valence-electron chi connectivity index (χ1n) is 5.83. The number of aliphatic hydroxyl groups excluding tert-OH is 3. The average Bonchev–Trinajstić information content (AvgIpc) is 2.33. The number of nitrogens with two attached hydrogens (primary N) is 1. The molecule has 0 amide bonds. The molecule has 2 aliphatic rings. The number of aliphatic hydroxyl groups is 3. The van der Waals surface area contributed by atoms with E-state index in [1.807, 2.05) is 12.2 Å². The van der Waals surface area contributed by atoms with Gasteiger partial charge in [0, 0.05) is 6.04 Å². The normalized spacial score (nSPS) is 47.8. The van der Waals surface area contributed by atoms with Crippen LogP contribution in [0, 0.1) is 0 Å². The Balaban J connectivity index is 2.17. The molecule has 0 spiro atoms. The zero-order valence-electron chi connectivity index (χ0n) is 9.48. The molecule has 6 atom stereocenters. The van der Waals surface area contributed by atoms with Crippen molar-refractivity contribution >= 4 is 11.8 Å². The molecule has 0 unspecified atom stereocenters. The van der Waals surface area contributed by atoms with E-state index in [4.69, 9.17) is 10.5 Å². The topological polar surface area (TPSA) is 95.9 Å². The van der Waals surface area contributed by atoms with Gasteiger partial charge in [0.25, 0.3) is 0 Å².